The molecule has 0 radical (unpaired) electrons. The Labute approximate surface area is 113 Å². The molecule has 106 valence electrons. The second-order valence-corrected chi connectivity index (χ2v) is 7.50. The summed E-state index contributed by atoms with van der Waals surface area (Å²) in [5.74, 6) is -0.0414. The Morgan fingerprint density at radius 1 is 1.63 bits per heavy atom. The zero-order chi connectivity index (χ0) is 14.0. The van der Waals surface area contributed by atoms with Gasteiger partial charge >= 0.3 is 5.69 Å². The van der Waals surface area contributed by atoms with Crippen LogP contribution in [0.4, 0.5) is 0 Å². The van der Waals surface area contributed by atoms with E-state index in [-0.39, 0.29) is 34.9 Å². The quantitative estimate of drug-likeness (QED) is 0.655. The highest BCUT2D eigenvalue weighted by Crippen LogP contribution is 2.14. The molecule has 10 heteroatoms. The van der Waals surface area contributed by atoms with Gasteiger partial charge in [0.2, 0.25) is 5.91 Å². The Morgan fingerprint density at radius 2 is 2.37 bits per heavy atom. The molecule has 8 nitrogen and oxygen atoms in total. The number of thioether (sulfide) groups is 1. The highest BCUT2D eigenvalue weighted by atomic mass is 32.2. The van der Waals surface area contributed by atoms with Crippen molar-refractivity contribution in [2.45, 2.75) is 17.6 Å². The summed E-state index contributed by atoms with van der Waals surface area (Å²) in [6, 6.07) is -0.305. The lowest BCUT2D eigenvalue weighted by Gasteiger charge is -2.09. The van der Waals surface area contributed by atoms with Crippen LogP contribution in [0.1, 0.15) is 6.42 Å². The number of carbonyl (C=O) groups is 1. The van der Waals surface area contributed by atoms with Crippen molar-refractivity contribution < 1.29 is 13.2 Å². The lowest BCUT2D eigenvalue weighted by molar-refractivity contribution is -0.119. The maximum atomic E-state index is 11.6. The fourth-order valence-corrected chi connectivity index (χ4v) is 4.17. The van der Waals surface area contributed by atoms with E-state index in [1.54, 1.807) is 7.05 Å². The number of hydrogen-bond acceptors (Lipinski definition) is 6. The summed E-state index contributed by atoms with van der Waals surface area (Å²) < 4.78 is 23.8. The molecule has 0 unspecified atom stereocenters. The first-order valence-electron chi connectivity index (χ1n) is 5.61. The molecule has 1 aromatic rings. The van der Waals surface area contributed by atoms with Crippen molar-refractivity contribution in [2.75, 3.05) is 17.3 Å². The molecule has 1 saturated heterocycles. The Balaban J connectivity index is 1.83. The predicted molar refractivity (Wildman–Crippen MR) is 69.8 cm³/mol. The zero-order valence-corrected chi connectivity index (χ0v) is 11.9. The van der Waals surface area contributed by atoms with Gasteiger partial charge in [0.25, 0.3) is 0 Å². The molecule has 1 fully saturated rings. The van der Waals surface area contributed by atoms with Gasteiger partial charge in [-0.2, -0.15) is 0 Å². The molecular weight excluding hydrogens is 292 g/mol. The van der Waals surface area contributed by atoms with Crippen molar-refractivity contribution in [3.63, 3.8) is 0 Å². The molecule has 0 spiro atoms. The van der Waals surface area contributed by atoms with Gasteiger partial charge in [-0.1, -0.05) is 11.8 Å². The summed E-state index contributed by atoms with van der Waals surface area (Å²) >= 11 is 1.12. The molecule has 0 aliphatic carbocycles. The predicted octanol–water partition coefficient (Wildman–Crippen LogP) is -1.50. The van der Waals surface area contributed by atoms with E-state index >= 15 is 0 Å². The molecule has 2 heterocycles. The van der Waals surface area contributed by atoms with Gasteiger partial charge < -0.3 is 5.32 Å². The van der Waals surface area contributed by atoms with Crippen LogP contribution >= 0.6 is 11.8 Å². The summed E-state index contributed by atoms with van der Waals surface area (Å²) in [6.07, 6.45) is 0.458. The maximum absolute atomic E-state index is 11.6. The summed E-state index contributed by atoms with van der Waals surface area (Å²) in [7, 11) is -1.44. The SMILES string of the molecule is Cn1c(SCC(=O)N[C@@H]2CCS(=O)(=O)C2)n[nH]c1=O. The number of carbonyl (C=O) groups excluding carboxylic acids is 1. The third kappa shape index (κ3) is 3.60. The van der Waals surface area contributed by atoms with Gasteiger partial charge in [0, 0.05) is 13.1 Å². The zero-order valence-electron chi connectivity index (χ0n) is 10.2. The van der Waals surface area contributed by atoms with Crippen LogP contribution in [0, 0.1) is 0 Å². The van der Waals surface area contributed by atoms with E-state index in [4.69, 9.17) is 0 Å². The van der Waals surface area contributed by atoms with Crippen molar-refractivity contribution >= 4 is 27.5 Å². The Bertz CT molecular complexity index is 633. The molecule has 1 atom stereocenters. The fraction of sp³-hybridized carbons (Fsp3) is 0.667. The normalized spacial score (nSPS) is 21.4. The second kappa shape index (κ2) is 5.37. The third-order valence-corrected chi connectivity index (χ3v) is 5.57. The average Bonchev–Trinajstić information content (AvgIpc) is 2.82. The minimum Gasteiger partial charge on any atom is -0.352 e. The molecule has 0 saturated carbocycles. The highest BCUT2D eigenvalue weighted by Gasteiger charge is 2.28. The minimum absolute atomic E-state index is 0.00426. The number of nitrogens with one attached hydrogen (secondary N) is 2. The Morgan fingerprint density at radius 3 is 2.89 bits per heavy atom. The number of sulfone groups is 1. The van der Waals surface area contributed by atoms with E-state index in [2.05, 4.69) is 15.5 Å². The number of amides is 1. The largest absolute Gasteiger partial charge is 0.352 e. The van der Waals surface area contributed by atoms with Crippen LogP contribution in [-0.2, 0) is 21.7 Å². The van der Waals surface area contributed by atoms with E-state index in [1.165, 1.54) is 4.57 Å². The van der Waals surface area contributed by atoms with E-state index in [1.807, 2.05) is 0 Å². The number of aromatic nitrogens is 3. The topological polar surface area (TPSA) is 114 Å². The molecule has 1 aliphatic heterocycles. The van der Waals surface area contributed by atoms with E-state index in [0.29, 0.717) is 11.6 Å². The number of hydrogen-bond donors (Lipinski definition) is 2. The number of H-pyrrole nitrogens is 1. The van der Waals surface area contributed by atoms with Gasteiger partial charge in [0.05, 0.1) is 17.3 Å². The van der Waals surface area contributed by atoms with Gasteiger partial charge in [0.15, 0.2) is 15.0 Å². The molecule has 19 heavy (non-hydrogen) atoms. The number of aromatic amines is 1. The van der Waals surface area contributed by atoms with Gasteiger partial charge in [-0.15, -0.1) is 5.10 Å². The smallest absolute Gasteiger partial charge is 0.343 e. The minimum atomic E-state index is -3.00. The van der Waals surface area contributed by atoms with Crippen LogP contribution in [-0.4, -0.2) is 52.4 Å². The van der Waals surface area contributed by atoms with Crippen LogP contribution in [0.2, 0.25) is 0 Å². The van der Waals surface area contributed by atoms with Gasteiger partial charge in [-0.3, -0.25) is 9.36 Å². The van der Waals surface area contributed by atoms with Crippen LogP contribution < -0.4 is 11.0 Å². The molecule has 1 amide bonds. The van der Waals surface area contributed by atoms with Crippen LogP contribution in [0.15, 0.2) is 9.95 Å². The summed E-state index contributed by atoms with van der Waals surface area (Å²) in [5, 5.41) is 9.11. The number of nitrogens with zero attached hydrogens (tertiary/aromatic N) is 2. The molecule has 2 rings (SSSR count). The molecular formula is C9H14N4O4S2. The Kier molecular flexibility index (Phi) is 3.99. The summed E-state index contributed by atoms with van der Waals surface area (Å²) in [6.45, 7) is 0. The van der Waals surface area contributed by atoms with Crippen molar-refractivity contribution in [1.29, 1.82) is 0 Å². The molecule has 0 aromatic carbocycles. The molecule has 0 bridgehead atoms. The summed E-state index contributed by atoms with van der Waals surface area (Å²) in [5.41, 5.74) is -0.343. The van der Waals surface area contributed by atoms with Gasteiger partial charge in [0.1, 0.15) is 0 Å². The third-order valence-electron chi connectivity index (χ3n) is 2.77. The standard InChI is InChI=1S/C9H14N4O4S2/c1-13-8(15)11-12-9(13)18-4-7(14)10-6-2-3-19(16,17)5-6/h6H,2-5H2,1H3,(H,10,14)(H,11,15)/t6-/m1/s1. The molecule has 1 aromatic heterocycles. The maximum Gasteiger partial charge on any atom is 0.343 e. The monoisotopic (exact) mass is 306 g/mol. The lowest BCUT2D eigenvalue weighted by atomic mass is 10.3. The van der Waals surface area contributed by atoms with E-state index in [0.717, 1.165) is 11.8 Å². The van der Waals surface area contributed by atoms with E-state index in [9.17, 15) is 18.0 Å². The number of rotatable bonds is 4. The average molecular weight is 306 g/mol. The highest BCUT2D eigenvalue weighted by molar-refractivity contribution is 7.99. The van der Waals surface area contributed by atoms with Gasteiger partial charge in [-0.05, 0) is 6.42 Å². The van der Waals surface area contributed by atoms with Crippen molar-refractivity contribution in [3.05, 3.63) is 10.5 Å². The van der Waals surface area contributed by atoms with Crippen LogP contribution in [0.3, 0.4) is 0 Å². The van der Waals surface area contributed by atoms with Crippen LogP contribution in [0.25, 0.3) is 0 Å². The molecule has 1 aliphatic rings. The van der Waals surface area contributed by atoms with Crippen molar-refractivity contribution in [3.8, 4) is 0 Å². The molecule has 2 N–H and O–H groups in total. The lowest BCUT2D eigenvalue weighted by Crippen LogP contribution is -2.36. The first-order chi connectivity index (χ1) is 8.87. The second-order valence-electron chi connectivity index (χ2n) is 4.33. The van der Waals surface area contributed by atoms with Crippen molar-refractivity contribution in [1.82, 2.24) is 20.1 Å². The first kappa shape index (κ1) is 14.1. The van der Waals surface area contributed by atoms with Crippen LogP contribution in [0.5, 0.6) is 0 Å². The summed E-state index contributed by atoms with van der Waals surface area (Å²) in [4.78, 5) is 22.7. The fourth-order valence-electron chi connectivity index (χ4n) is 1.77. The van der Waals surface area contributed by atoms with E-state index < -0.39 is 9.84 Å². The first-order valence-corrected chi connectivity index (χ1v) is 8.42. The van der Waals surface area contributed by atoms with Gasteiger partial charge in [-0.25, -0.2) is 18.3 Å². The Hall–Kier alpha value is -1.29. The van der Waals surface area contributed by atoms with Crippen molar-refractivity contribution in [2.24, 2.45) is 7.05 Å².